The van der Waals surface area contributed by atoms with Crippen molar-refractivity contribution in [2.75, 3.05) is 4.90 Å². The largest absolute Gasteiger partial charge is 0.417 e. The van der Waals surface area contributed by atoms with Crippen molar-refractivity contribution in [3.05, 3.63) is 47.7 Å². The second-order valence-corrected chi connectivity index (χ2v) is 7.82. The molecule has 3 heterocycles. The van der Waals surface area contributed by atoms with E-state index < -0.39 is 11.7 Å². The zero-order chi connectivity index (χ0) is 21.0. The Hall–Kier alpha value is -2.97. The van der Waals surface area contributed by atoms with E-state index in [-0.39, 0.29) is 17.4 Å². The molecule has 0 N–H and O–H groups in total. The Kier molecular flexibility index (Phi) is 4.30. The summed E-state index contributed by atoms with van der Waals surface area (Å²) in [7, 11) is 0. The molecular weight excluding hydrogens is 393 g/mol. The molecule has 0 spiro atoms. The van der Waals surface area contributed by atoms with Gasteiger partial charge in [0, 0.05) is 11.6 Å². The highest BCUT2D eigenvalue weighted by atomic mass is 19.4. The summed E-state index contributed by atoms with van der Waals surface area (Å²) in [6, 6.07) is 5.74. The predicted octanol–water partition coefficient (Wildman–Crippen LogP) is 4.88. The number of alkyl halides is 3. The number of halogens is 3. The van der Waals surface area contributed by atoms with Gasteiger partial charge in [0.2, 0.25) is 0 Å². The summed E-state index contributed by atoms with van der Waals surface area (Å²) >= 11 is 0. The fourth-order valence-electron chi connectivity index (χ4n) is 4.45. The fraction of sp³-hybridized carbons (Fsp3) is 0.429. The number of fused-ring (bicyclic) bond motifs is 3. The normalized spacial score (nSPS) is 18.7. The Morgan fingerprint density at radius 3 is 2.57 bits per heavy atom. The van der Waals surface area contributed by atoms with Crippen molar-refractivity contribution in [3.8, 4) is 17.1 Å². The molecule has 0 bridgehead atoms. The van der Waals surface area contributed by atoms with Crippen molar-refractivity contribution in [3.63, 3.8) is 0 Å². The van der Waals surface area contributed by atoms with Gasteiger partial charge in [-0.3, -0.25) is 4.57 Å². The second-order valence-electron chi connectivity index (χ2n) is 7.82. The molecule has 30 heavy (non-hydrogen) atoms. The topological polar surface area (TPSA) is 59.7 Å². The van der Waals surface area contributed by atoms with Gasteiger partial charge < -0.3 is 4.90 Å². The smallest absolute Gasteiger partial charge is 0.341 e. The first-order chi connectivity index (χ1) is 14.4. The second kappa shape index (κ2) is 6.78. The van der Waals surface area contributed by atoms with Crippen LogP contribution in [0.25, 0.3) is 17.1 Å². The summed E-state index contributed by atoms with van der Waals surface area (Å²) in [6.07, 6.45) is 1.14. The molecule has 2 aromatic heterocycles. The summed E-state index contributed by atoms with van der Waals surface area (Å²) in [5, 5.41) is 8.42. The van der Waals surface area contributed by atoms with E-state index in [0.717, 1.165) is 43.3 Å². The quantitative estimate of drug-likeness (QED) is 0.612. The van der Waals surface area contributed by atoms with Crippen LogP contribution in [0.15, 0.2) is 30.6 Å². The van der Waals surface area contributed by atoms with E-state index in [1.165, 1.54) is 12.1 Å². The molecule has 1 aromatic carbocycles. The molecule has 1 saturated carbocycles. The van der Waals surface area contributed by atoms with Gasteiger partial charge in [-0.25, -0.2) is 9.97 Å². The predicted molar refractivity (Wildman–Crippen MR) is 105 cm³/mol. The molecule has 1 aliphatic heterocycles. The molecule has 0 saturated heterocycles. The van der Waals surface area contributed by atoms with Crippen LogP contribution >= 0.6 is 0 Å². The number of anilines is 1. The Bertz CT molecular complexity index is 1100. The van der Waals surface area contributed by atoms with Crippen LogP contribution in [-0.2, 0) is 6.18 Å². The Labute approximate surface area is 171 Å². The summed E-state index contributed by atoms with van der Waals surface area (Å²) in [5.41, 5.74) is 0.617. The summed E-state index contributed by atoms with van der Waals surface area (Å²) in [6.45, 7) is 3.88. The highest BCUT2D eigenvalue weighted by molar-refractivity contribution is 5.70. The van der Waals surface area contributed by atoms with Crippen molar-refractivity contribution < 1.29 is 13.2 Å². The minimum Gasteiger partial charge on any atom is -0.341 e. The molecule has 0 radical (unpaired) electrons. The van der Waals surface area contributed by atoms with Crippen LogP contribution in [0, 0.1) is 6.92 Å². The molecule has 1 atom stereocenters. The maximum atomic E-state index is 13.6. The van der Waals surface area contributed by atoms with Crippen LogP contribution in [0.4, 0.5) is 19.0 Å². The molecule has 6 nitrogen and oxygen atoms in total. The number of benzene rings is 1. The lowest BCUT2D eigenvalue weighted by atomic mass is 9.89. The first kappa shape index (κ1) is 19.0. The van der Waals surface area contributed by atoms with Crippen LogP contribution < -0.4 is 4.90 Å². The zero-order valence-corrected chi connectivity index (χ0v) is 16.7. The lowest BCUT2D eigenvalue weighted by Crippen LogP contribution is -2.46. The molecule has 3 aromatic rings. The van der Waals surface area contributed by atoms with Crippen LogP contribution in [0.3, 0.4) is 0 Å². The molecule has 9 heteroatoms. The summed E-state index contributed by atoms with van der Waals surface area (Å²) < 4.78 is 42.8. The van der Waals surface area contributed by atoms with Gasteiger partial charge in [-0.15, -0.1) is 10.2 Å². The first-order valence-electron chi connectivity index (χ1n) is 10.1. The van der Waals surface area contributed by atoms with Gasteiger partial charge in [0.05, 0.1) is 17.3 Å². The number of nitrogens with zero attached hydrogens (tertiary/aromatic N) is 6. The highest BCUT2D eigenvalue weighted by Crippen LogP contribution is 2.45. The Morgan fingerprint density at radius 2 is 1.90 bits per heavy atom. The van der Waals surface area contributed by atoms with Crippen molar-refractivity contribution in [1.82, 2.24) is 24.7 Å². The van der Waals surface area contributed by atoms with Crippen LogP contribution in [0.1, 0.15) is 55.7 Å². The van der Waals surface area contributed by atoms with Crippen molar-refractivity contribution in [2.45, 2.75) is 57.8 Å². The highest BCUT2D eigenvalue weighted by Gasteiger charge is 2.41. The fourth-order valence-corrected chi connectivity index (χ4v) is 4.45. The van der Waals surface area contributed by atoms with E-state index in [1.54, 1.807) is 19.3 Å². The first-order valence-corrected chi connectivity index (χ1v) is 10.1. The zero-order valence-electron chi connectivity index (χ0n) is 16.7. The molecule has 156 valence electrons. The van der Waals surface area contributed by atoms with E-state index >= 15 is 0 Å². The lowest BCUT2D eigenvalue weighted by molar-refractivity contribution is -0.137. The van der Waals surface area contributed by atoms with Crippen LogP contribution in [0.2, 0.25) is 0 Å². The average molecular weight is 414 g/mol. The minimum atomic E-state index is -4.48. The molecule has 5 rings (SSSR count). The maximum absolute atomic E-state index is 13.6. The molecule has 0 unspecified atom stereocenters. The number of aryl methyl sites for hydroxylation is 1. The van der Waals surface area contributed by atoms with Gasteiger partial charge in [0.15, 0.2) is 17.5 Å². The maximum Gasteiger partial charge on any atom is 0.417 e. The number of rotatable bonds is 3. The Balaban J connectivity index is 1.75. The van der Waals surface area contributed by atoms with Crippen molar-refractivity contribution in [1.29, 1.82) is 0 Å². The standard InChI is InChI=1S/C21H21F3N6/c1-3-16-19-28-25-11-29(19)17-12(2)26-18(27-20(17)30(16)13-7-6-8-13)14-9-4-5-10-15(14)21(22,23)24/h4-5,9-11,13,16H,3,6-8H2,1-2H3/t16-/m1/s1. The molecule has 1 aliphatic carbocycles. The average Bonchev–Trinajstić information content (AvgIpc) is 3.15. The molecule has 1 fully saturated rings. The van der Waals surface area contributed by atoms with Crippen LogP contribution in [0.5, 0.6) is 0 Å². The summed E-state index contributed by atoms with van der Waals surface area (Å²) in [5.74, 6) is 1.58. The van der Waals surface area contributed by atoms with E-state index in [9.17, 15) is 13.2 Å². The SMILES string of the molecule is CC[C@@H]1c2nncn2-c2c(C)nc(-c3ccccc3C(F)(F)F)nc2N1C1CCC1. The van der Waals surface area contributed by atoms with Crippen LogP contribution in [-0.4, -0.2) is 30.8 Å². The number of aromatic nitrogens is 5. The van der Waals surface area contributed by atoms with Gasteiger partial charge in [-0.2, -0.15) is 13.2 Å². The molecule has 2 aliphatic rings. The van der Waals surface area contributed by atoms with Gasteiger partial charge in [-0.05, 0) is 38.7 Å². The number of hydrogen-bond donors (Lipinski definition) is 0. The monoisotopic (exact) mass is 414 g/mol. The van der Waals surface area contributed by atoms with Gasteiger partial charge in [-0.1, -0.05) is 25.1 Å². The Morgan fingerprint density at radius 1 is 1.13 bits per heavy atom. The third-order valence-corrected chi connectivity index (χ3v) is 6.06. The van der Waals surface area contributed by atoms with Gasteiger partial charge in [0.25, 0.3) is 0 Å². The molecule has 0 amide bonds. The molecular formula is C21H21F3N6. The van der Waals surface area contributed by atoms with Gasteiger partial charge in [0.1, 0.15) is 12.0 Å². The third kappa shape index (κ3) is 2.79. The third-order valence-electron chi connectivity index (χ3n) is 6.06. The van der Waals surface area contributed by atoms with Gasteiger partial charge >= 0.3 is 6.18 Å². The van der Waals surface area contributed by atoms with E-state index in [0.29, 0.717) is 17.6 Å². The van der Waals surface area contributed by atoms with Crippen molar-refractivity contribution in [2.24, 2.45) is 0 Å². The minimum absolute atomic E-state index is 0.00735. The number of hydrogen-bond acceptors (Lipinski definition) is 5. The van der Waals surface area contributed by atoms with E-state index in [1.807, 2.05) is 4.57 Å². The lowest BCUT2D eigenvalue weighted by Gasteiger charge is -2.46. The summed E-state index contributed by atoms with van der Waals surface area (Å²) in [4.78, 5) is 11.4. The van der Waals surface area contributed by atoms with Crippen molar-refractivity contribution >= 4 is 5.82 Å². The van der Waals surface area contributed by atoms with E-state index in [2.05, 4.69) is 27.0 Å². The van der Waals surface area contributed by atoms with E-state index in [4.69, 9.17) is 4.98 Å².